The quantitative estimate of drug-likeness (QED) is 0.661. The number of nitrogen functional groups attached to an aromatic ring is 1. The van der Waals surface area contributed by atoms with Gasteiger partial charge in [0.05, 0.1) is 15.2 Å². The number of nitriles is 1. The number of nitrogens with two attached hydrogens (primary N) is 1. The minimum absolute atomic E-state index is 0.0803. The first-order valence-corrected chi connectivity index (χ1v) is 6.10. The van der Waals surface area contributed by atoms with E-state index in [0.717, 1.165) is 9.64 Å². The Morgan fingerprint density at radius 3 is 2.50 bits per heavy atom. The SMILES string of the molecule is N#Cc1ccc(Oc2ccc(N)cc2I)c(F)c1. The van der Waals surface area contributed by atoms with Gasteiger partial charge in [-0.1, -0.05) is 0 Å². The molecule has 0 atom stereocenters. The summed E-state index contributed by atoms with van der Waals surface area (Å²) in [6.45, 7) is 0. The van der Waals surface area contributed by atoms with E-state index < -0.39 is 5.82 Å². The molecule has 0 radical (unpaired) electrons. The van der Waals surface area contributed by atoms with Crippen LogP contribution in [0.4, 0.5) is 10.1 Å². The van der Waals surface area contributed by atoms with Crippen LogP contribution in [0.5, 0.6) is 11.5 Å². The van der Waals surface area contributed by atoms with Crippen LogP contribution in [0.2, 0.25) is 0 Å². The predicted molar refractivity (Wildman–Crippen MR) is 74.8 cm³/mol. The second-order valence-corrected chi connectivity index (χ2v) is 4.71. The van der Waals surface area contributed by atoms with Crippen molar-refractivity contribution in [2.75, 3.05) is 5.73 Å². The summed E-state index contributed by atoms with van der Waals surface area (Å²) in [7, 11) is 0. The summed E-state index contributed by atoms with van der Waals surface area (Å²) < 4.78 is 19.9. The monoisotopic (exact) mass is 354 g/mol. The van der Waals surface area contributed by atoms with E-state index in [4.69, 9.17) is 15.7 Å². The molecule has 0 heterocycles. The number of nitrogens with zero attached hydrogens (tertiary/aromatic N) is 1. The smallest absolute Gasteiger partial charge is 0.167 e. The lowest BCUT2D eigenvalue weighted by atomic mass is 10.2. The molecular formula is C13H8FIN2O. The van der Waals surface area contributed by atoms with Crippen molar-refractivity contribution in [3.05, 3.63) is 51.3 Å². The molecular weight excluding hydrogens is 346 g/mol. The maximum Gasteiger partial charge on any atom is 0.167 e. The van der Waals surface area contributed by atoms with E-state index in [0.29, 0.717) is 11.4 Å². The normalized spacial score (nSPS) is 9.83. The zero-order valence-corrected chi connectivity index (χ0v) is 11.3. The van der Waals surface area contributed by atoms with Gasteiger partial charge in [-0.25, -0.2) is 4.39 Å². The van der Waals surface area contributed by atoms with Crippen LogP contribution < -0.4 is 10.5 Å². The van der Waals surface area contributed by atoms with Gasteiger partial charge in [-0.15, -0.1) is 0 Å². The molecule has 2 aromatic carbocycles. The molecule has 0 aliphatic heterocycles. The Morgan fingerprint density at radius 1 is 1.17 bits per heavy atom. The van der Waals surface area contributed by atoms with Crippen LogP contribution in [-0.2, 0) is 0 Å². The molecule has 90 valence electrons. The van der Waals surface area contributed by atoms with E-state index in [1.165, 1.54) is 12.1 Å². The largest absolute Gasteiger partial charge is 0.453 e. The van der Waals surface area contributed by atoms with Crippen molar-refractivity contribution in [1.29, 1.82) is 5.26 Å². The maximum atomic E-state index is 13.6. The first kappa shape index (κ1) is 12.6. The zero-order chi connectivity index (χ0) is 13.1. The van der Waals surface area contributed by atoms with Crippen LogP contribution in [0, 0.1) is 20.7 Å². The Balaban J connectivity index is 2.32. The highest BCUT2D eigenvalue weighted by Crippen LogP contribution is 2.30. The van der Waals surface area contributed by atoms with Gasteiger partial charge in [-0.3, -0.25) is 0 Å². The molecule has 3 nitrogen and oxygen atoms in total. The first-order valence-electron chi connectivity index (χ1n) is 5.02. The molecule has 0 unspecified atom stereocenters. The van der Waals surface area contributed by atoms with E-state index in [1.807, 2.05) is 6.07 Å². The van der Waals surface area contributed by atoms with Crippen LogP contribution in [0.25, 0.3) is 0 Å². The van der Waals surface area contributed by atoms with Gasteiger partial charge in [-0.2, -0.15) is 5.26 Å². The van der Waals surface area contributed by atoms with Crippen molar-refractivity contribution in [2.45, 2.75) is 0 Å². The summed E-state index contributed by atoms with van der Waals surface area (Å²) in [5.41, 5.74) is 6.49. The molecule has 0 bridgehead atoms. The molecule has 0 spiro atoms. The number of rotatable bonds is 2. The molecule has 0 amide bonds. The highest BCUT2D eigenvalue weighted by Gasteiger charge is 2.08. The average Bonchev–Trinajstić information content (AvgIpc) is 2.34. The van der Waals surface area contributed by atoms with Crippen molar-refractivity contribution in [3.8, 4) is 17.6 Å². The fraction of sp³-hybridized carbons (Fsp3) is 0. The highest BCUT2D eigenvalue weighted by atomic mass is 127. The molecule has 0 aliphatic rings. The van der Waals surface area contributed by atoms with Crippen molar-refractivity contribution in [1.82, 2.24) is 0 Å². The fourth-order valence-corrected chi connectivity index (χ4v) is 2.02. The van der Waals surface area contributed by atoms with Crippen molar-refractivity contribution < 1.29 is 9.13 Å². The fourth-order valence-electron chi connectivity index (χ4n) is 1.37. The van der Waals surface area contributed by atoms with E-state index in [9.17, 15) is 4.39 Å². The minimum atomic E-state index is -0.568. The number of benzene rings is 2. The lowest BCUT2D eigenvalue weighted by Crippen LogP contribution is -1.93. The number of anilines is 1. The number of halogens is 2. The number of hydrogen-bond acceptors (Lipinski definition) is 3. The second-order valence-electron chi connectivity index (χ2n) is 3.55. The maximum absolute atomic E-state index is 13.6. The number of ether oxygens (including phenoxy) is 1. The van der Waals surface area contributed by atoms with Crippen LogP contribution in [0.15, 0.2) is 36.4 Å². The highest BCUT2D eigenvalue weighted by molar-refractivity contribution is 14.1. The first-order chi connectivity index (χ1) is 8.60. The molecule has 18 heavy (non-hydrogen) atoms. The lowest BCUT2D eigenvalue weighted by Gasteiger charge is -2.09. The van der Waals surface area contributed by atoms with Gasteiger partial charge < -0.3 is 10.5 Å². The van der Waals surface area contributed by atoms with Crippen molar-refractivity contribution in [2.24, 2.45) is 0 Å². The lowest BCUT2D eigenvalue weighted by molar-refractivity contribution is 0.439. The van der Waals surface area contributed by atoms with Gasteiger partial charge in [0.1, 0.15) is 5.75 Å². The third-order valence-corrected chi connectivity index (χ3v) is 3.08. The van der Waals surface area contributed by atoms with E-state index in [-0.39, 0.29) is 11.3 Å². The van der Waals surface area contributed by atoms with Gasteiger partial charge >= 0.3 is 0 Å². The Bertz CT molecular complexity index is 637. The number of hydrogen-bond donors (Lipinski definition) is 1. The summed E-state index contributed by atoms with van der Waals surface area (Å²) in [4.78, 5) is 0. The Kier molecular flexibility index (Phi) is 3.67. The molecule has 0 aliphatic carbocycles. The molecule has 0 saturated heterocycles. The molecule has 5 heteroatoms. The van der Waals surface area contributed by atoms with E-state index in [1.54, 1.807) is 18.2 Å². The Morgan fingerprint density at radius 2 is 1.89 bits per heavy atom. The summed E-state index contributed by atoms with van der Waals surface area (Å²) in [5, 5.41) is 8.64. The molecule has 2 rings (SSSR count). The van der Waals surface area contributed by atoms with Crippen molar-refractivity contribution >= 4 is 28.3 Å². The van der Waals surface area contributed by atoms with Crippen LogP contribution in [0.1, 0.15) is 5.56 Å². The average molecular weight is 354 g/mol. The summed E-state index contributed by atoms with van der Waals surface area (Å²) in [6, 6.07) is 11.0. The van der Waals surface area contributed by atoms with E-state index in [2.05, 4.69) is 22.6 Å². The van der Waals surface area contributed by atoms with Crippen LogP contribution in [-0.4, -0.2) is 0 Å². The van der Waals surface area contributed by atoms with E-state index >= 15 is 0 Å². The van der Waals surface area contributed by atoms with Gasteiger partial charge in [0.15, 0.2) is 11.6 Å². The summed E-state index contributed by atoms with van der Waals surface area (Å²) in [6.07, 6.45) is 0. The van der Waals surface area contributed by atoms with Gasteiger partial charge in [-0.05, 0) is 59.0 Å². The third kappa shape index (κ3) is 2.71. The van der Waals surface area contributed by atoms with Crippen molar-refractivity contribution in [3.63, 3.8) is 0 Å². The topological polar surface area (TPSA) is 59.0 Å². The van der Waals surface area contributed by atoms with Gasteiger partial charge in [0, 0.05) is 5.69 Å². The predicted octanol–water partition coefficient (Wildman–Crippen LogP) is 3.68. The Hall–Kier alpha value is -1.81. The zero-order valence-electron chi connectivity index (χ0n) is 9.15. The second kappa shape index (κ2) is 5.23. The molecule has 0 saturated carbocycles. The summed E-state index contributed by atoms with van der Waals surface area (Å²) >= 11 is 2.06. The molecule has 2 aromatic rings. The van der Waals surface area contributed by atoms with Crippen LogP contribution in [0.3, 0.4) is 0 Å². The molecule has 0 aromatic heterocycles. The summed E-state index contributed by atoms with van der Waals surface area (Å²) in [5.74, 6) is 0.0340. The Labute approximate surface area is 117 Å². The van der Waals surface area contributed by atoms with Crippen LogP contribution >= 0.6 is 22.6 Å². The van der Waals surface area contributed by atoms with Gasteiger partial charge in [0.25, 0.3) is 0 Å². The van der Waals surface area contributed by atoms with Gasteiger partial charge in [0.2, 0.25) is 0 Å². The molecule has 0 fully saturated rings. The molecule has 2 N–H and O–H groups in total. The standard InChI is InChI=1S/C13H8FIN2O/c14-10-5-8(7-16)1-3-12(10)18-13-4-2-9(17)6-11(13)15/h1-6H,17H2. The third-order valence-electron chi connectivity index (χ3n) is 2.24. The minimum Gasteiger partial charge on any atom is -0.453 e.